The van der Waals surface area contributed by atoms with Crippen molar-refractivity contribution in [3.8, 4) is 0 Å². The quantitative estimate of drug-likeness (QED) is 0.775. The Bertz CT molecular complexity index is 442. The number of anilines is 1. The highest BCUT2D eigenvalue weighted by Crippen LogP contribution is 2.17. The molecule has 1 amide bonds. The van der Waals surface area contributed by atoms with Crippen molar-refractivity contribution < 1.29 is 4.79 Å². The minimum absolute atomic E-state index is 0.315. The van der Waals surface area contributed by atoms with Gasteiger partial charge < -0.3 is 16.4 Å². The number of hydrogen-bond donors (Lipinski definition) is 2. The zero-order chi connectivity index (χ0) is 13.8. The number of carbonyl (C=O) groups excluding carboxylic acids is 1. The van der Waals surface area contributed by atoms with Crippen LogP contribution in [0, 0.1) is 0 Å². The van der Waals surface area contributed by atoms with Crippen LogP contribution in [0.15, 0.2) is 18.3 Å². The SMILES string of the molecule is CC(CN)N1CCN(c2ccnc(C(N)=O)c2)CC1. The molecule has 4 N–H and O–H groups in total. The predicted octanol–water partition coefficient (Wildman–Crippen LogP) is -0.350. The fourth-order valence-electron chi connectivity index (χ4n) is 2.32. The van der Waals surface area contributed by atoms with Crippen LogP contribution >= 0.6 is 0 Å². The smallest absolute Gasteiger partial charge is 0.267 e. The van der Waals surface area contributed by atoms with E-state index in [0.29, 0.717) is 18.3 Å². The Hall–Kier alpha value is -1.66. The molecule has 1 aliphatic heterocycles. The fraction of sp³-hybridized carbons (Fsp3) is 0.538. The first-order valence-electron chi connectivity index (χ1n) is 6.56. The summed E-state index contributed by atoms with van der Waals surface area (Å²) in [6, 6.07) is 4.08. The Balaban J connectivity index is 2.01. The van der Waals surface area contributed by atoms with Crippen molar-refractivity contribution >= 4 is 11.6 Å². The first-order chi connectivity index (χ1) is 9.11. The zero-order valence-corrected chi connectivity index (χ0v) is 11.2. The summed E-state index contributed by atoms with van der Waals surface area (Å²) in [5.74, 6) is -0.489. The van der Waals surface area contributed by atoms with Crippen molar-refractivity contribution in [2.75, 3.05) is 37.6 Å². The normalized spacial score (nSPS) is 18.3. The molecule has 0 saturated carbocycles. The molecule has 1 saturated heterocycles. The van der Waals surface area contributed by atoms with Crippen molar-refractivity contribution in [1.82, 2.24) is 9.88 Å². The molecule has 2 rings (SSSR count). The standard InChI is InChI=1S/C13H21N5O/c1-10(9-14)17-4-6-18(7-5-17)11-2-3-16-12(8-11)13(15)19/h2-3,8,10H,4-7,9,14H2,1H3,(H2,15,19). The van der Waals surface area contributed by atoms with Crippen molar-refractivity contribution in [2.24, 2.45) is 11.5 Å². The van der Waals surface area contributed by atoms with Crippen LogP contribution in [0.1, 0.15) is 17.4 Å². The second-order valence-corrected chi connectivity index (χ2v) is 4.87. The summed E-state index contributed by atoms with van der Waals surface area (Å²) in [6.07, 6.45) is 1.63. The third kappa shape index (κ3) is 3.21. The molecule has 1 aromatic heterocycles. The van der Waals surface area contributed by atoms with Crippen molar-refractivity contribution in [2.45, 2.75) is 13.0 Å². The van der Waals surface area contributed by atoms with E-state index in [1.807, 2.05) is 6.07 Å². The van der Waals surface area contributed by atoms with Crippen LogP contribution in [0.25, 0.3) is 0 Å². The topological polar surface area (TPSA) is 88.5 Å². The van der Waals surface area contributed by atoms with E-state index in [9.17, 15) is 4.79 Å². The van der Waals surface area contributed by atoms with Gasteiger partial charge >= 0.3 is 0 Å². The maximum absolute atomic E-state index is 11.1. The van der Waals surface area contributed by atoms with Crippen LogP contribution in [0.5, 0.6) is 0 Å². The number of primary amides is 1. The molecular weight excluding hydrogens is 242 g/mol. The summed E-state index contributed by atoms with van der Waals surface area (Å²) >= 11 is 0. The maximum Gasteiger partial charge on any atom is 0.267 e. The number of amides is 1. The molecular formula is C13H21N5O. The molecule has 0 spiro atoms. The van der Waals surface area contributed by atoms with Gasteiger partial charge in [-0.3, -0.25) is 14.7 Å². The average molecular weight is 263 g/mol. The summed E-state index contributed by atoms with van der Waals surface area (Å²) in [5.41, 5.74) is 12.3. The Labute approximate surface area is 113 Å². The molecule has 6 heteroatoms. The van der Waals surface area contributed by atoms with E-state index in [-0.39, 0.29) is 0 Å². The second kappa shape index (κ2) is 5.99. The first-order valence-corrected chi connectivity index (χ1v) is 6.56. The molecule has 0 aliphatic carbocycles. The van der Waals surface area contributed by atoms with Crippen LogP contribution in [-0.4, -0.2) is 54.6 Å². The molecule has 1 aromatic rings. The molecule has 0 radical (unpaired) electrons. The van der Waals surface area contributed by atoms with Gasteiger partial charge in [0.05, 0.1) is 0 Å². The number of nitrogens with zero attached hydrogens (tertiary/aromatic N) is 3. The summed E-state index contributed by atoms with van der Waals surface area (Å²) in [4.78, 5) is 19.7. The van der Waals surface area contributed by atoms with Gasteiger partial charge in [0, 0.05) is 50.6 Å². The highest BCUT2D eigenvalue weighted by Gasteiger charge is 2.20. The molecule has 6 nitrogen and oxygen atoms in total. The lowest BCUT2D eigenvalue weighted by Gasteiger charge is -2.38. The molecule has 1 atom stereocenters. The minimum atomic E-state index is -0.489. The van der Waals surface area contributed by atoms with E-state index in [4.69, 9.17) is 11.5 Å². The number of piperazine rings is 1. The third-order valence-electron chi connectivity index (χ3n) is 3.64. The number of hydrogen-bond acceptors (Lipinski definition) is 5. The first kappa shape index (κ1) is 13.8. The van der Waals surface area contributed by atoms with Gasteiger partial charge in [0.15, 0.2) is 0 Å². The average Bonchev–Trinajstić information content (AvgIpc) is 2.46. The number of carbonyl (C=O) groups is 1. The van der Waals surface area contributed by atoms with E-state index in [1.54, 1.807) is 12.3 Å². The lowest BCUT2D eigenvalue weighted by atomic mass is 10.2. The van der Waals surface area contributed by atoms with Crippen LogP contribution in [0.3, 0.4) is 0 Å². The summed E-state index contributed by atoms with van der Waals surface area (Å²) < 4.78 is 0. The summed E-state index contributed by atoms with van der Waals surface area (Å²) in [5, 5.41) is 0. The van der Waals surface area contributed by atoms with E-state index in [1.165, 1.54) is 0 Å². The summed E-state index contributed by atoms with van der Waals surface area (Å²) in [7, 11) is 0. The van der Waals surface area contributed by atoms with Gasteiger partial charge in [-0.05, 0) is 19.1 Å². The molecule has 19 heavy (non-hydrogen) atoms. The van der Waals surface area contributed by atoms with E-state index in [0.717, 1.165) is 31.9 Å². The van der Waals surface area contributed by atoms with Gasteiger partial charge in [-0.1, -0.05) is 0 Å². The van der Waals surface area contributed by atoms with Crippen LogP contribution in [0.4, 0.5) is 5.69 Å². The fourth-order valence-corrected chi connectivity index (χ4v) is 2.32. The van der Waals surface area contributed by atoms with Gasteiger partial charge in [-0.25, -0.2) is 0 Å². The van der Waals surface area contributed by atoms with Crippen LogP contribution in [0.2, 0.25) is 0 Å². The molecule has 1 aliphatic rings. The van der Waals surface area contributed by atoms with Gasteiger partial charge in [0.25, 0.3) is 5.91 Å². The van der Waals surface area contributed by atoms with Crippen molar-refractivity contribution in [3.63, 3.8) is 0 Å². The number of pyridine rings is 1. The molecule has 2 heterocycles. The highest BCUT2D eigenvalue weighted by molar-refractivity contribution is 5.91. The van der Waals surface area contributed by atoms with Crippen LogP contribution < -0.4 is 16.4 Å². The largest absolute Gasteiger partial charge is 0.369 e. The monoisotopic (exact) mass is 263 g/mol. The lowest BCUT2D eigenvalue weighted by Crippen LogP contribution is -2.51. The van der Waals surface area contributed by atoms with Gasteiger partial charge in [0.1, 0.15) is 5.69 Å². The summed E-state index contributed by atoms with van der Waals surface area (Å²) in [6.45, 7) is 6.63. The number of nitrogens with two attached hydrogens (primary N) is 2. The Morgan fingerprint density at radius 1 is 1.42 bits per heavy atom. The van der Waals surface area contributed by atoms with Crippen LogP contribution in [-0.2, 0) is 0 Å². The zero-order valence-electron chi connectivity index (χ0n) is 11.2. The molecule has 0 aromatic carbocycles. The van der Waals surface area contributed by atoms with E-state index in [2.05, 4.69) is 21.7 Å². The van der Waals surface area contributed by atoms with Gasteiger partial charge in [-0.2, -0.15) is 0 Å². The van der Waals surface area contributed by atoms with Gasteiger partial charge in [-0.15, -0.1) is 0 Å². The maximum atomic E-state index is 11.1. The van der Waals surface area contributed by atoms with Crippen molar-refractivity contribution in [3.05, 3.63) is 24.0 Å². The molecule has 1 unspecified atom stereocenters. The third-order valence-corrected chi connectivity index (χ3v) is 3.64. The van der Waals surface area contributed by atoms with Crippen molar-refractivity contribution in [1.29, 1.82) is 0 Å². The number of rotatable bonds is 4. The lowest BCUT2D eigenvalue weighted by molar-refractivity contribution is 0.0995. The minimum Gasteiger partial charge on any atom is -0.369 e. The number of aromatic nitrogens is 1. The second-order valence-electron chi connectivity index (χ2n) is 4.87. The Morgan fingerprint density at radius 3 is 2.68 bits per heavy atom. The molecule has 0 bridgehead atoms. The Kier molecular flexibility index (Phi) is 4.34. The molecule has 104 valence electrons. The highest BCUT2D eigenvalue weighted by atomic mass is 16.1. The van der Waals surface area contributed by atoms with Gasteiger partial charge in [0.2, 0.25) is 0 Å². The van der Waals surface area contributed by atoms with E-state index < -0.39 is 5.91 Å². The predicted molar refractivity (Wildman–Crippen MR) is 75.1 cm³/mol. The Morgan fingerprint density at radius 2 is 2.11 bits per heavy atom. The molecule has 1 fully saturated rings. The van der Waals surface area contributed by atoms with E-state index >= 15 is 0 Å².